The van der Waals surface area contributed by atoms with Gasteiger partial charge in [0.05, 0.1) is 16.8 Å². The predicted molar refractivity (Wildman–Crippen MR) is 80.8 cm³/mol. The molecule has 0 bridgehead atoms. The van der Waals surface area contributed by atoms with Gasteiger partial charge in [-0.3, -0.25) is 0 Å². The molecule has 1 unspecified atom stereocenters. The molecule has 0 saturated carbocycles. The van der Waals surface area contributed by atoms with Crippen molar-refractivity contribution in [3.8, 4) is 0 Å². The van der Waals surface area contributed by atoms with Crippen LogP contribution in [0.15, 0.2) is 18.2 Å². The highest BCUT2D eigenvalue weighted by atomic mass is 35.5. The van der Waals surface area contributed by atoms with Gasteiger partial charge in [0.1, 0.15) is 5.60 Å². The zero-order chi connectivity index (χ0) is 14.9. The third kappa shape index (κ3) is 3.37. The van der Waals surface area contributed by atoms with Crippen molar-refractivity contribution in [2.45, 2.75) is 45.3 Å². The van der Waals surface area contributed by atoms with Gasteiger partial charge in [-0.2, -0.15) is 0 Å². The van der Waals surface area contributed by atoms with E-state index in [2.05, 4.69) is 0 Å². The molecule has 1 aliphatic rings. The Kier molecular flexibility index (Phi) is 4.14. The second-order valence-electron chi connectivity index (χ2n) is 6.11. The number of likely N-dealkylation sites (tertiary alicyclic amines) is 1. The number of hydrogen-bond acceptors (Lipinski definition) is 3. The van der Waals surface area contributed by atoms with Gasteiger partial charge in [0.2, 0.25) is 0 Å². The normalized spacial score (nSPS) is 19.2. The lowest BCUT2D eigenvalue weighted by atomic mass is 10.0. The smallest absolute Gasteiger partial charge is 0.410 e. The number of nitrogens with two attached hydrogens (primary N) is 1. The van der Waals surface area contributed by atoms with Gasteiger partial charge in [-0.05, 0) is 51.3 Å². The lowest BCUT2D eigenvalue weighted by Crippen LogP contribution is -2.36. The molecule has 2 rings (SSSR count). The number of nitrogen functional groups attached to an aromatic ring is 1. The van der Waals surface area contributed by atoms with Crippen LogP contribution in [0.1, 0.15) is 45.2 Å². The minimum absolute atomic E-state index is 0.0180. The van der Waals surface area contributed by atoms with Crippen LogP contribution in [-0.4, -0.2) is 23.1 Å². The van der Waals surface area contributed by atoms with Gasteiger partial charge in [-0.15, -0.1) is 0 Å². The van der Waals surface area contributed by atoms with Crippen molar-refractivity contribution in [3.05, 3.63) is 28.8 Å². The molecule has 110 valence electrons. The Balaban J connectivity index is 2.18. The number of benzene rings is 1. The van der Waals surface area contributed by atoms with Crippen LogP contribution >= 0.6 is 11.6 Å². The summed E-state index contributed by atoms with van der Waals surface area (Å²) in [7, 11) is 0. The number of ether oxygens (including phenoxy) is 1. The largest absolute Gasteiger partial charge is 0.444 e. The lowest BCUT2D eigenvalue weighted by molar-refractivity contribution is 0.0224. The molecule has 4 nitrogen and oxygen atoms in total. The SMILES string of the molecule is CC(C)(C)OC(=O)N1CCCC1c1ccc(Cl)c(N)c1. The second-order valence-corrected chi connectivity index (χ2v) is 6.52. The molecular formula is C15H21ClN2O2. The molecule has 0 spiro atoms. The number of carbonyl (C=O) groups excluding carboxylic acids is 1. The second kappa shape index (κ2) is 5.52. The van der Waals surface area contributed by atoms with E-state index in [1.54, 1.807) is 11.0 Å². The highest BCUT2D eigenvalue weighted by Crippen LogP contribution is 2.35. The average Bonchev–Trinajstić information content (AvgIpc) is 2.79. The third-order valence-electron chi connectivity index (χ3n) is 3.29. The summed E-state index contributed by atoms with van der Waals surface area (Å²) >= 11 is 5.94. The van der Waals surface area contributed by atoms with Crippen molar-refractivity contribution in [1.29, 1.82) is 0 Å². The maximum Gasteiger partial charge on any atom is 0.410 e. The fourth-order valence-electron chi connectivity index (χ4n) is 2.42. The van der Waals surface area contributed by atoms with E-state index in [9.17, 15) is 4.79 Å². The number of carbonyl (C=O) groups is 1. The zero-order valence-corrected chi connectivity index (χ0v) is 12.9. The Bertz CT molecular complexity index is 511. The highest BCUT2D eigenvalue weighted by Gasteiger charge is 2.33. The number of amides is 1. The molecule has 1 aromatic rings. The van der Waals surface area contributed by atoms with E-state index in [0.717, 1.165) is 18.4 Å². The van der Waals surface area contributed by atoms with Crippen LogP contribution in [0, 0.1) is 0 Å². The van der Waals surface area contributed by atoms with Crippen molar-refractivity contribution >= 4 is 23.4 Å². The molecule has 20 heavy (non-hydrogen) atoms. The number of halogens is 1. The molecule has 5 heteroatoms. The quantitative estimate of drug-likeness (QED) is 0.797. The molecule has 1 aromatic carbocycles. The van der Waals surface area contributed by atoms with E-state index in [4.69, 9.17) is 22.1 Å². The first kappa shape index (κ1) is 15.0. The van der Waals surface area contributed by atoms with E-state index in [0.29, 0.717) is 17.3 Å². The zero-order valence-electron chi connectivity index (χ0n) is 12.1. The topological polar surface area (TPSA) is 55.6 Å². The van der Waals surface area contributed by atoms with Gasteiger partial charge >= 0.3 is 6.09 Å². The van der Waals surface area contributed by atoms with Crippen LogP contribution in [0.5, 0.6) is 0 Å². The molecule has 2 N–H and O–H groups in total. The van der Waals surface area contributed by atoms with Crippen molar-refractivity contribution in [2.75, 3.05) is 12.3 Å². The number of anilines is 1. The number of rotatable bonds is 1. The maximum absolute atomic E-state index is 12.2. The number of hydrogen-bond donors (Lipinski definition) is 1. The molecule has 1 amide bonds. The first-order valence-electron chi connectivity index (χ1n) is 6.82. The van der Waals surface area contributed by atoms with Crippen LogP contribution in [0.3, 0.4) is 0 Å². The van der Waals surface area contributed by atoms with Crippen LogP contribution in [-0.2, 0) is 4.74 Å². The molecule has 1 atom stereocenters. The van der Waals surface area contributed by atoms with E-state index in [-0.39, 0.29) is 12.1 Å². The van der Waals surface area contributed by atoms with E-state index in [1.807, 2.05) is 32.9 Å². The maximum atomic E-state index is 12.2. The monoisotopic (exact) mass is 296 g/mol. The van der Waals surface area contributed by atoms with Crippen LogP contribution in [0.25, 0.3) is 0 Å². The molecule has 1 fully saturated rings. The van der Waals surface area contributed by atoms with E-state index >= 15 is 0 Å². The predicted octanol–water partition coefficient (Wildman–Crippen LogP) is 3.99. The third-order valence-corrected chi connectivity index (χ3v) is 3.63. The van der Waals surface area contributed by atoms with Crippen molar-refractivity contribution in [2.24, 2.45) is 0 Å². The molecule has 0 aliphatic carbocycles. The van der Waals surface area contributed by atoms with Gasteiger partial charge in [-0.25, -0.2) is 4.79 Å². The molecule has 0 radical (unpaired) electrons. The minimum Gasteiger partial charge on any atom is -0.444 e. The Morgan fingerprint density at radius 2 is 2.15 bits per heavy atom. The first-order chi connectivity index (χ1) is 9.28. The van der Waals surface area contributed by atoms with Gasteiger partial charge < -0.3 is 15.4 Å². The first-order valence-corrected chi connectivity index (χ1v) is 7.20. The summed E-state index contributed by atoms with van der Waals surface area (Å²) < 4.78 is 5.46. The number of nitrogens with zero attached hydrogens (tertiary/aromatic N) is 1. The van der Waals surface area contributed by atoms with Gasteiger partial charge in [0.25, 0.3) is 0 Å². The molecule has 0 aromatic heterocycles. The summed E-state index contributed by atoms with van der Waals surface area (Å²) in [6, 6.07) is 5.56. The molecule has 1 aliphatic heterocycles. The average molecular weight is 297 g/mol. The van der Waals surface area contributed by atoms with Crippen LogP contribution < -0.4 is 5.73 Å². The van der Waals surface area contributed by atoms with Crippen molar-refractivity contribution < 1.29 is 9.53 Å². The van der Waals surface area contributed by atoms with Gasteiger partial charge in [-0.1, -0.05) is 17.7 Å². The standard InChI is InChI=1S/C15H21ClN2O2/c1-15(2,3)20-14(19)18-8-4-5-13(18)10-6-7-11(16)12(17)9-10/h6-7,9,13H,4-5,8,17H2,1-3H3. The van der Waals surface area contributed by atoms with E-state index < -0.39 is 5.60 Å². The Morgan fingerprint density at radius 1 is 1.45 bits per heavy atom. The Morgan fingerprint density at radius 3 is 2.75 bits per heavy atom. The summed E-state index contributed by atoms with van der Waals surface area (Å²) in [6.07, 6.45) is 1.61. The molecule has 1 saturated heterocycles. The van der Waals surface area contributed by atoms with E-state index in [1.165, 1.54) is 0 Å². The van der Waals surface area contributed by atoms with Gasteiger partial charge in [0, 0.05) is 6.54 Å². The highest BCUT2D eigenvalue weighted by molar-refractivity contribution is 6.33. The summed E-state index contributed by atoms with van der Waals surface area (Å²) in [5.74, 6) is 0. The minimum atomic E-state index is -0.483. The lowest BCUT2D eigenvalue weighted by Gasteiger charge is -2.29. The fourth-order valence-corrected chi connectivity index (χ4v) is 2.54. The summed E-state index contributed by atoms with van der Waals surface area (Å²) in [4.78, 5) is 14.0. The summed E-state index contributed by atoms with van der Waals surface area (Å²) in [5, 5.41) is 0.538. The van der Waals surface area contributed by atoms with Crippen LogP contribution in [0.4, 0.5) is 10.5 Å². The fraction of sp³-hybridized carbons (Fsp3) is 0.533. The summed E-state index contributed by atoms with van der Waals surface area (Å²) in [6.45, 7) is 6.32. The Labute approximate surface area is 124 Å². The Hall–Kier alpha value is -1.42. The van der Waals surface area contributed by atoms with Gasteiger partial charge in [0.15, 0.2) is 0 Å². The summed E-state index contributed by atoms with van der Waals surface area (Å²) in [5.41, 5.74) is 6.91. The molecule has 1 heterocycles. The molecular weight excluding hydrogens is 276 g/mol. The van der Waals surface area contributed by atoms with Crippen molar-refractivity contribution in [1.82, 2.24) is 4.90 Å². The van der Waals surface area contributed by atoms with Crippen LogP contribution in [0.2, 0.25) is 5.02 Å². The van der Waals surface area contributed by atoms with Crippen molar-refractivity contribution in [3.63, 3.8) is 0 Å².